The molecule has 0 bridgehead atoms. The number of aliphatic carboxylic acids is 1. The van der Waals surface area contributed by atoms with Gasteiger partial charge in [0.2, 0.25) is 5.91 Å². The summed E-state index contributed by atoms with van der Waals surface area (Å²) in [6.45, 7) is 0.190. The van der Waals surface area contributed by atoms with Crippen molar-refractivity contribution in [1.82, 2.24) is 15.6 Å². The number of amides is 2. The number of carboxylic acid groups (broad SMARTS) is 1. The van der Waals surface area contributed by atoms with Gasteiger partial charge in [-0.3, -0.25) is 14.9 Å². The number of pyridine rings is 1. The Morgan fingerprint density at radius 2 is 1.79 bits per heavy atom. The molecule has 0 spiro atoms. The molecule has 0 unspecified atom stereocenters. The first-order chi connectivity index (χ1) is 16.4. The maximum atomic E-state index is 12.3. The van der Waals surface area contributed by atoms with Crippen molar-refractivity contribution >= 4 is 46.2 Å². The van der Waals surface area contributed by atoms with Gasteiger partial charge in [-0.25, -0.2) is 9.78 Å². The highest BCUT2D eigenvalue weighted by Gasteiger charge is 2.17. The fourth-order valence-electron chi connectivity index (χ4n) is 3.19. The van der Waals surface area contributed by atoms with Crippen LogP contribution in [0.4, 0.5) is 10.6 Å². The summed E-state index contributed by atoms with van der Waals surface area (Å²) in [7, 11) is 0. The third-order valence-electron chi connectivity index (χ3n) is 4.91. The largest absolute Gasteiger partial charge is 0.481 e. The third kappa shape index (κ3) is 8.02. The van der Waals surface area contributed by atoms with Crippen LogP contribution in [0.25, 0.3) is 10.8 Å². The van der Waals surface area contributed by atoms with Crippen molar-refractivity contribution in [3.8, 4) is 0 Å². The molecule has 0 aliphatic heterocycles. The maximum absolute atomic E-state index is 12.3. The molecule has 1 aromatic heterocycles. The Morgan fingerprint density at radius 3 is 2.56 bits per heavy atom. The van der Waals surface area contributed by atoms with Crippen molar-refractivity contribution < 1.29 is 24.2 Å². The normalized spacial score (nSPS) is 11.6. The van der Waals surface area contributed by atoms with Crippen LogP contribution in [0, 0.1) is 0 Å². The number of halogens is 1. The number of rotatable bonds is 11. The average Bonchev–Trinajstić information content (AvgIpc) is 2.82. The van der Waals surface area contributed by atoms with Gasteiger partial charge in [-0.15, -0.1) is 0 Å². The van der Waals surface area contributed by atoms with Crippen LogP contribution in [0.2, 0.25) is 5.02 Å². The lowest BCUT2D eigenvalue weighted by Gasteiger charge is -2.18. The van der Waals surface area contributed by atoms with E-state index in [9.17, 15) is 14.4 Å². The highest BCUT2D eigenvalue weighted by atomic mass is 35.5. The summed E-state index contributed by atoms with van der Waals surface area (Å²) in [5.41, 5.74) is 0.849. The zero-order valence-electron chi connectivity index (χ0n) is 18.3. The molecular weight excluding hydrogens is 460 g/mol. The number of anilines is 1. The van der Waals surface area contributed by atoms with E-state index in [0.29, 0.717) is 17.4 Å². The van der Waals surface area contributed by atoms with Crippen LogP contribution in [0.15, 0.2) is 60.8 Å². The summed E-state index contributed by atoms with van der Waals surface area (Å²) in [5.74, 6) is -1.05. The minimum absolute atomic E-state index is 0.0119. The fourth-order valence-corrected chi connectivity index (χ4v) is 3.40. The molecule has 0 fully saturated rings. The zero-order chi connectivity index (χ0) is 24.3. The maximum Gasteiger partial charge on any atom is 0.412 e. The Hall–Kier alpha value is -3.69. The van der Waals surface area contributed by atoms with E-state index in [2.05, 4.69) is 20.9 Å². The second kappa shape index (κ2) is 12.5. The summed E-state index contributed by atoms with van der Waals surface area (Å²) >= 11 is 6.10. The number of carboxylic acids is 1. The number of hydrogen-bond acceptors (Lipinski definition) is 6. The van der Waals surface area contributed by atoms with Gasteiger partial charge in [-0.05, 0) is 29.5 Å². The van der Waals surface area contributed by atoms with Gasteiger partial charge in [0.15, 0.2) is 0 Å². The molecule has 0 aliphatic carbocycles. The molecule has 0 radical (unpaired) electrons. The monoisotopic (exact) mass is 484 g/mol. The van der Waals surface area contributed by atoms with E-state index in [1.165, 1.54) is 0 Å². The van der Waals surface area contributed by atoms with E-state index < -0.39 is 18.1 Å². The second-order valence-electron chi connectivity index (χ2n) is 7.53. The topological polar surface area (TPSA) is 130 Å². The number of aromatic nitrogens is 1. The summed E-state index contributed by atoms with van der Waals surface area (Å²) < 4.78 is 5.21. The molecule has 2 aromatic carbocycles. The minimum atomic E-state index is -1.01. The quantitative estimate of drug-likeness (QED) is 0.327. The van der Waals surface area contributed by atoms with Gasteiger partial charge in [-0.2, -0.15) is 0 Å². The Bertz CT molecular complexity index is 1160. The molecular formula is C24H25ClN4O5. The number of carbonyl (C=O) groups is 3. The van der Waals surface area contributed by atoms with Gasteiger partial charge in [0.25, 0.3) is 0 Å². The van der Waals surface area contributed by atoms with Gasteiger partial charge >= 0.3 is 12.1 Å². The SMILES string of the molecule is O=C(O)CC[C@@H](COC(=O)Nc1cc2ccccc2cn1)NC(=O)CNCc1ccccc1Cl. The Kier molecular flexibility index (Phi) is 9.19. The summed E-state index contributed by atoms with van der Waals surface area (Å²) in [5, 5.41) is 19.6. The molecule has 10 heteroatoms. The predicted molar refractivity (Wildman–Crippen MR) is 129 cm³/mol. The van der Waals surface area contributed by atoms with Crippen molar-refractivity contribution in [3.05, 3.63) is 71.4 Å². The van der Waals surface area contributed by atoms with E-state index in [1.807, 2.05) is 42.5 Å². The van der Waals surface area contributed by atoms with Crippen LogP contribution in [-0.4, -0.2) is 47.3 Å². The standard InChI is InChI=1S/C24H25ClN4O5/c25-20-8-4-3-7-18(20)12-26-14-22(30)28-19(9-10-23(31)32)15-34-24(33)29-21-11-16-5-1-2-6-17(16)13-27-21/h1-8,11,13,19,26H,9-10,12,14-15H2,(H,28,30)(H,31,32)(H,27,29,33)/t19-/m0/s1. The lowest BCUT2D eigenvalue weighted by Crippen LogP contribution is -2.43. The molecule has 178 valence electrons. The molecule has 0 saturated carbocycles. The van der Waals surface area contributed by atoms with Crippen LogP contribution in [0.5, 0.6) is 0 Å². The number of fused-ring (bicyclic) bond motifs is 1. The lowest BCUT2D eigenvalue weighted by atomic mass is 10.1. The van der Waals surface area contributed by atoms with E-state index in [1.54, 1.807) is 18.3 Å². The van der Waals surface area contributed by atoms with Crippen LogP contribution >= 0.6 is 11.6 Å². The van der Waals surface area contributed by atoms with Crippen LogP contribution in [0.1, 0.15) is 18.4 Å². The van der Waals surface area contributed by atoms with Gasteiger partial charge in [-0.1, -0.05) is 54.1 Å². The van der Waals surface area contributed by atoms with Crippen molar-refractivity contribution in [3.63, 3.8) is 0 Å². The molecule has 2 amide bonds. The number of nitrogens with one attached hydrogen (secondary N) is 3. The number of ether oxygens (including phenoxy) is 1. The zero-order valence-corrected chi connectivity index (χ0v) is 19.0. The highest BCUT2D eigenvalue weighted by Crippen LogP contribution is 2.16. The molecule has 34 heavy (non-hydrogen) atoms. The molecule has 3 aromatic rings. The van der Waals surface area contributed by atoms with Crippen molar-refractivity contribution in [2.24, 2.45) is 0 Å². The molecule has 1 heterocycles. The summed E-state index contributed by atoms with van der Waals surface area (Å²) in [6.07, 6.45) is 0.799. The first-order valence-electron chi connectivity index (χ1n) is 10.6. The second-order valence-corrected chi connectivity index (χ2v) is 7.94. The first kappa shape index (κ1) is 24.9. The number of hydrogen-bond donors (Lipinski definition) is 4. The number of nitrogens with zero attached hydrogens (tertiary/aromatic N) is 1. The Labute approximate surface area is 201 Å². The van der Waals surface area contributed by atoms with Crippen LogP contribution < -0.4 is 16.0 Å². The van der Waals surface area contributed by atoms with E-state index in [4.69, 9.17) is 21.4 Å². The van der Waals surface area contributed by atoms with E-state index in [-0.39, 0.29) is 31.9 Å². The molecule has 3 rings (SSSR count). The number of carbonyl (C=O) groups excluding carboxylic acids is 2. The molecule has 1 atom stereocenters. The van der Waals surface area contributed by atoms with Crippen molar-refractivity contribution in [1.29, 1.82) is 0 Å². The Morgan fingerprint density at radius 1 is 1.06 bits per heavy atom. The van der Waals surface area contributed by atoms with Crippen LogP contribution in [-0.2, 0) is 20.9 Å². The lowest BCUT2D eigenvalue weighted by molar-refractivity contribution is -0.137. The van der Waals surface area contributed by atoms with Crippen LogP contribution in [0.3, 0.4) is 0 Å². The molecule has 4 N–H and O–H groups in total. The van der Waals surface area contributed by atoms with Gasteiger partial charge < -0.3 is 20.5 Å². The van der Waals surface area contributed by atoms with Crippen molar-refractivity contribution in [2.75, 3.05) is 18.5 Å². The molecule has 0 aliphatic rings. The first-order valence-corrected chi connectivity index (χ1v) is 11.0. The van der Waals surface area contributed by atoms with Gasteiger partial charge in [0.05, 0.1) is 12.6 Å². The Balaban J connectivity index is 1.48. The summed E-state index contributed by atoms with van der Waals surface area (Å²) in [4.78, 5) is 39.7. The molecule has 0 saturated heterocycles. The predicted octanol–water partition coefficient (Wildman–Crippen LogP) is 3.58. The molecule has 9 nitrogen and oxygen atoms in total. The summed E-state index contributed by atoms with van der Waals surface area (Å²) in [6, 6.07) is 15.9. The van der Waals surface area contributed by atoms with Crippen molar-refractivity contribution in [2.45, 2.75) is 25.4 Å². The third-order valence-corrected chi connectivity index (χ3v) is 5.28. The van der Waals surface area contributed by atoms with Gasteiger partial charge in [0, 0.05) is 29.6 Å². The van der Waals surface area contributed by atoms with E-state index in [0.717, 1.165) is 16.3 Å². The number of benzene rings is 2. The smallest absolute Gasteiger partial charge is 0.412 e. The van der Waals surface area contributed by atoms with Gasteiger partial charge in [0.1, 0.15) is 12.4 Å². The minimum Gasteiger partial charge on any atom is -0.481 e. The van der Waals surface area contributed by atoms with E-state index >= 15 is 0 Å². The fraction of sp³-hybridized carbons (Fsp3) is 0.250. The average molecular weight is 485 g/mol. The highest BCUT2D eigenvalue weighted by molar-refractivity contribution is 6.31.